The molecule has 10 heavy (non-hydrogen) atoms. The number of hydrogen-bond donors (Lipinski definition) is 1. The zero-order valence-corrected chi connectivity index (χ0v) is 6.14. The van der Waals surface area contributed by atoms with E-state index in [0.717, 1.165) is 5.70 Å². The van der Waals surface area contributed by atoms with Crippen LogP contribution in [0.15, 0.2) is 11.8 Å². The first kappa shape index (κ1) is 8.70. The fourth-order valence-electron chi connectivity index (χ4n) is 0.535. The van der Waals surface area contributed by atoms with E-state index in [1.165, 1.54) is 13.0 Å². The molecule has 0 aliphatic rings. The van der Waals surface area contributed by atoms with E-state index in [1.807, 2.05) is 6.07 Å². The van der Waals surface area contributed by atoms with Crippen LogP contribution in [-0.2, 0) is 4.79 Å². The van der Waals surface area contributed by atoms with Crippen molar-refractivity contribution in [1.82, 2.24) is 5.32 Å². The summed E-state index contributed by atoms with van der Waals surface area (Å²) in [6, 6.07) is 1.91. The maximum Gasteiger partial charge on any atom is 0.154 e. The molecule has 0 saturated heterocycles. The number of ketones is 1. The summed E-state index contributed by atoms with van der Waals surface area (Å²) < 4.78 is 0. The van der Waals surface area contributed by atoms with E-state index in [-0.39, 0.29) is 12.3 Å². The number of nitrogens with one attached hydrogen (secondary N) is 1. The van der Waals surface area contributed by atoms with Crippen molar-refractivity contribution in [1.29, 1.82) is 5.26 Å². The minimum absolute atomic E-state index is 0.0112. The Bertz CT molecular complexity index is 188. The van der Waals surface area contributed by atoms with Gasteiger partial charge in [-0.25, -0.2) is 0 Å². The van der Waals surface area contributed by atoms with Gasteiger partial charge in [0.15, 0.2) is 5.78 Å². The Morgan fingerprint density at radius 1 is 1.70 bits per heavy atom. The number of nitrogens with zero attached hydrogens (tertiary/aromatic N) is 1. The Balaban J connectivity index is 3.74. The molecule has 0 fully saturated rings. The number of hydrogen-bond acceptors (Lipinski definition) is 3. The summed E-state index contributed by atoms with van der Waals surface area (Å²) in [6.45, 7) is 3.46. The van der Waals surface area contributed by atoms with E-state index in [9.17, 15) is 4.79 Å². The second-order valence-corrected chi connectivity index (χ2v) is 1.95. The highest BCUT2D eigenvalue weighted by Crippen LogP contribution is 1.84. The first-order valence-corrected chi connectivity index (χ1v) is 2.96. The number of rotatable bonds is 3. The van der Waals surface area contributed by atoms with Crippen molar-refractivity contribution in [2.45, 2.75) is 13.8 Å². The normalized spacial score (nSPS) is 10.3. The van der Waals surface area contributed by atoms with Gasteiger partial charge < -0.3 is 5.32 Å². The van der Waals surface area contributed by atoms with Gasteiger partial charge in [0, 0.05) is 5.70 Å². The van der Waals surface area contributed by atoms with Gasteiger partial charge in [-0.1, -0.05) is 0 Å². The van der Waals surface area contributed by atoms with Gasteiger partial charge in [-0.15, -0.1) is 0 Å². The van der Waals surface area contributed by atoms with Crippen LogP contribution >= 0.6 is 0 Å². The van der Waals surface area contributed by atoms with Crippen molar-refractivity contribution in [2.24, 2.45) is 0 Å². The molecule has 54 valence electrons. The van der Waals surface area contributed by atoms with Crippen LogP contribution in [0.5, 0.6) is 0 Å². The second kappa shape index (κ2) is 4.57. The van der Waals surface area contributed by atoms with E-state index >= 15 is 0 Å². The zero-order valence-electron chi connectivity index (χ0n) is 6.14. The molecule has 0 saturated carbocycles. The van der Waals surface area contributed by atoms with Crippen LogP contribution in [0.3, 0.4) is 0 Å². The highest BCUT2D eigenvalue weighted by Gasteiger charge is 1.88. The zero-order chi connectivity index (χ0) is 7.98. The molecule has 0 unspecified atom stereocenters. The van der Waals surface area contributed by atoms with Crippen molar-refractivity contribution in [2.75, 3.05) is 6.54 Å². The summed E-state index contributed by atoms with van der Waals surface area (Å²) in [6.07, 6.45) is 1.46. The van der Waals surface area contributed by atoms with Crippen LogP contribution in [0.4, 0.5) is 0 Å². The fraction of sp³-hybridized carbons (Fsp3) is 0.429. The molecule has 0 rings (SSSR count). The third-order valence-electron chi connectivity index (χ3n) is 0.866. The van der Waals surface area contributed by atoms with E-state index in [4.69, 9.17) is 5.26 Å². The average Bonchev–Trinajstić information content (AvgIpc) is 1.82. The highest BCUT2D eigenvalue weighted by atomic mass is 16.1. The molecule has 3 heteroatoms. The minimum Gasteiger partial charge on any atom is -0.376 e. The molecule has 0 atom stereocenters. The van der Waals surface area contributed by atoms with Gasteiger partial charge in [0.25, 0.3) is 0 Å². The van der Waals surface area contributed by atoms with Gasteiger partial charge in [0.2, 0.25) is 0 Å². The maximum atomic E-state index is 10.4. The van der Waals surface area contributed by atoms with E-state index in [0.29, 0.717) is 0 Å². The summed E-state index contributed by atoms with van der Waals surface area (Å²) in [4.78, 5) is 10.4. The predicted molar refractivity (Wildman–Crippen MR) is 38.1 cm³/mol. The van der Waals surface area contributed by atoms with Gasteiger partial charge in [0.05, 0.1) is 6.07 Å². The highest BCUT2D eigenvalue weighted by molar-refractivity contribution is 5.87. The first-order chi connectivity index (χ1) is 4.66. The summed E-state index contributed by atoms with van der Waals surface area (Å²) in [7, 11) is 0. The predicted octanol–water partition coefficient (Wildman–Crippen LogP) is 0.592. The van der Waals surface area contributed by atoms with E-state index in [1.54, 1.807) is 6.92 Å². The monoisotopic (exact) mass is 138 g/mol. The molecule has 0 aromatic carbocycles. The Kier molecular flexibility index (Phi) is 3.97. The summed E-state index contributed by atoms with van der Waals surface area (Å²) in [5, 5.41) is 10.9. The molecule has 0 radical (unpaired) electrons. The Morgan fingerprint density at radius 2 is 2.30 bits per heavy atom. The fourth-order valence-corrected chi connectivity index (χ4v) is 0.535. The van der Waals surface area contributed by atoms with Crippen molar-refractivity contribution in [3.8, 4) is 6.07 Å². The average molecular weight is 138 g/mol. The Hall–Kier alpha value is -1.30. The molecule has 0 heterocycles. The van der Waals surface area contributed by atoms with Crippen molar-refractivity contribution in [3.05, 3.63) is 11.8 Å². The lowest BCUT2D eigenvalue weighted by atomic mass is 10.3. The molecule has 0 spiro atoms. The van der Waals surface area contributed by atoms with Gasteiger partial charge >= 0.3 is 0 Å². The third-order valence-corrected chi connectivity index (χ3v) is 0.866. The Morgan fingerprint density at radius 3 is 2.70 bits per heavy atom. The van der Waals surface area contributed by atoms with Crippen LogP contribution in [-0.4, -0.2) is 12.3 Å². The summed E-state index contributed by atoms with van der Waals surface area (Å²) in [5.41, 5.74) is 0.731. The molecular weight excluding hydrogens is 128 g/mol. The van der Waals surface area contributed by atoms with Gasteiger partial charge in [-0.2, -0.15) is 5.26 Å². The first-order valence-electron chi connectivity index (χ1n) is 2.96. The molecule has 0 aromatic heterocycles. The lowest BCUT2D eigenvalue weighted by molar-refractivity contribution is -0.112. The lowest BCUT2D eigenvalue weighted by Crippen LogP contribution is -2.11. The molecule has 3 nitrogen and oxygen atoms in total. The van der Waals surface area contributed by atoms with Crippen LogP contribution in [0, 0.1) is 11.3 Å². The van der Waals surface area contributed by atoms with Gasteiger partial charge in [0.1, 0.15) is 6.54 Å². The topological polar surface area (TPSA) is 52.9 Å². The van der Waals surface area contributed by atoms with Crippen LogP contribution < -0.4 is 5.32 Å². The third kappa shape index (κ3) is 4.85. The molecule has 0 aliphatic heterocycles. The quantitative estimate of drug-likeness (QED) is 0.458. The van der Waals surface area contributed by atoms with Crippen molar-refractivity contribution >= 4 is 5.78 Å². The molecule has 0 aliphatic carbocycles. The van der Waals surface area contributed by atoms with Gasteiger partial charge in [-0.05, 0) is 19.9 Å². The summed E-state index contributed by atoms with van der Waals surface area (Å²) in [5.74, 6) is -0.0112. The number of nitriles is 1. The summed E-state index contributed by atoms with van der Waals surface area (Å²) >= 11 is 0. The lowest BCUT2D eigenvalue weighted by Gasteiger charge is -1.97. The van der Waals surface area contributed by atoms with E-state index < -0.39 is 0 Å². The SMILES string of the molecule is CC(=O)C=C(C)NCC#N. The second-order valence-electron chi connectivity index (χ2n) is 1.95. The molecule has 0 aromatic rings. The Labute approximate surface area is 60.3 Å². The maximum absolute atomic E-state index is 10.4. The van der Waals surface area contributed by atoms with Crippen LogP contribution in [0.1, 0.15) is 13.8 Å². The van der Waals surface area contributed by atoms with Gasteiger partial charge in [-0.3, -0.25) is 4.79 Å². The van der Waals surface area contributed by atoms with E-state index in [2.05, 4.69) is 5.32 Å². The largest absolute Gasteiger partial charge is 0.376 e. The van der Waals surface area contributed by atoms with Crippen LogP contribution in [0.2, 0.25) is 0 Å². The number of carbonyl (C=O) groups is 1. The minimum atomic E-state index is -0.0112. The molecule has 0 amide bonds. The van der Waals surface area contributed by atoms with Crippen LogP contribution in [0.25, 0.3) is 0 Å². The number of allylic oxidation sites excluding steroid dienone is 2. The van der Waals surface area contributed by atoms with Crippen molar-refractivity contribution in [3.63, 3.8) is 0 Å². The standard InChI is InChI=1S/C7H10N2O/c1-6(5-7(2)10)9-4-3-8/h5,9H,4H2,1-2H3. The molecular formula is C7H10N2O. The molecule has 1 N–H and O–H groups in total. The molecule has 0 bridgehead atoms. The number of carbonyl (C=O) groups excluding carboxylic acids is 1. The van der Waals surface area contributed by atoms with Crippen molar-refractivity contribution < 1.29 is 4.79 Å². The smallest absolute Gasteiger partial charge is 0.154 e.